The molecule has 0 fully saturated rings. The van der Waals surface area contributed by atoms with Crippen LogP contribution >= 0.6 is 34.8 Å². The summed E-state index contributed by atoms with van der Waals surface area (Å²) in [6.45, 7) is 0.210. The van der Waals surface area contributed by atoms with Crippen LogP contribution in [0.15, 0.2) is 47.5 Å². The van der Waals surface area contributed by atoms with Gasteiger partial charge in [0.05, 0.1) is 36.6 Å². The number of benzene rings is 2. The van der Waals surface area contributed by atoms with Crippen molar-refractivity contribution in [3.63, 3.8) is 0 Å². The number of hydrogen-bond acceptors (Lipinski definition) is 4. The van der Waals surface area contributed by atoms with Gasteiger partial charge < -0.3 is 4.74 Å². The standard InChI is InChI=1S/C20H14Cl3N3O2/c1-28-20(27)19-16-10-24-18(12-4-2-3-5-14(12)23)13-8-11(22)6-7-15(13)26(16)17(9-21)25-19/h2-8H,9-10H2,1H3. The Balaban J connectivity index is 2.04. The Morgan fingerprint density at radius 2 is 1.96 bits per heavy atom. The topological polar surface area (TPSA) is 56.5 Å². The Bertz CT molecular complexity index is 1120. The van der Waals surface area contributed by atoms with E-state index in [1.807, 2.05) is 34.9 Å². The summed E-state index contributed by atoms with van der Waals surface area (Å²) in [4.78, 5) is 21.4. The molecule has 1 aliphatic heterocycles. The molecule has 142 valence electrons. The molecule has 5 nitrogen and oxygen atoms in total. The lowest BCUT2D eigenvalue weighted by Crippen LogP contribution is -2.09. The normalized spacial score (nSPS) is 12.6. The highest BCUT2D eigenvalue weighted by molar-refractivity contribution is 6.36. The number of aromatic nitrogens is 2. The monoisotopic (exact) mass is 433 g/mol. The number of ether oxygens (including phenoxy) is 1. The first-order valence-electron chi connectivity index (χ1n) is 8.39. The average Bonchev–Trinajstić information content (AvgIpc) is 2.99. The molecule has 4 rings (SSSR count). The van der Waals surface area contributed by atoms with Gasteiger partial charge in [-0.15, -0.1) is 11.6 Å². The Hall–Kier alpha value is -2.34. The molecule has 0 N–H and O–H groups in total. The van der Waals surface area contributed by atoms with E-state index in [2.05, 4.69) is 4.98 Å². The van der Waals surface area contributed by atoms with Crippen molar-refractivity contribution >= 4 is 46.5 Å². The highest BCUT2D eigenvalue weighted by atomic mass is 35.5. The number of fused-ring (bicyclic) bond motifs is 3. The second-order valence-corrected chi connectivity index (χ2v) is 7.20. The SMILES string of the molecule is COC(=O)c1nc(CCl)n2c1CN=C(c1ccccc1Cl)c1cc(Cl)ccc1-2. The maximum atomic E-state index is 12.3. The molecule has 1 aliphatic rings. The summed E-state index contributed by atoms with van der Waals surface area (Å²) in [5, 5.41) is 1.13. The molecule has 0 bridgehead atoms. The van der Waals surface area contributed by atoms with E-state index in [1.54, 1.807) is 12.1 Å². The zero-order valence-electron chi connectivity index (χ0n) is 14.7. The highest BCUT2D eigenvalue weighted by Crippen LogP contribution is 2.32. The fraction of sp³-hybridized carbons (Fsp3) is 0.150. The van der Waals surface area contributed by atoms with Crippen molar-refractivity contribution in [2.24, 2.45) is 4.99 Å². The third-order valence-electron chi connectivity index (χ3n) is 4.51. The van der Waals surface area contributed by atoms with Crippen molar-refractivity contribution in [3.05, 3.63) is 80.8 Å². The van der Waals surface area contributed by atoms with Gasteiger partial charge in [0.25, 0.3) is 0 Å². The van der Waals surface area contributed by atoms with Gasteiger partial charge in [0, 0.05) is 21.2 Å². The zero-order chi connectivity index (χ0) is 19.8. The molecule has 0 amide bonds. The summed E-state index contributed by atoms with van der Waals surface area (Å²) < 4.78 is 6.74. The van der Waals surface area contributed by atoms with Crippen molar-refractivity contribution in [1.82, 2.24) is 9.55 Å². The predicted molar refractivity (Wildman–Crippen MR) is 110 cm³/mol. The largest absolute Gasteiger partial charge is 0.464 e. The van der Waals surface area contributed by atoms with E-state index in [0.717, 1.165) is 16.8 Å². The van der Waals surface area contributed by atoms with Crippen LogP contribution in [0.5, 0.6) is 0 Å². The molecule has 2 heterocycles. The van der Waals surface area contributed by atoms with Gasteiger partial charge in [0.1, 0.15) is 5.82 Å². The number of nitrogens with zero attached hydrogens (tertiary/aromatic N) is 3. The molecule has 0 atom stereocenters. The number of esters is 1. The van der Waals surface area contributed by atoms with E-state index in [4.69, 9.17) is 44.5 Å². The molecule has 28 heavy (non-hydrogen) atoms. The van der Waals surface area contributed by atoms with Crippen LogP contribution in [0, 0.1) is 0 Å². The lowest BCUT2D eigenvalue weighted by molar-refractivity contribution is 0.0593. The Morgan fingerprint density at radius 1 is 1.18 bits per heavy atom. The molecule has 1 aromatic heterocycles. The fourth-order valence-electron chi connectivity index (χ4n) is 3.30. The first-order chi connectivity index (χ1) is 13.5. The van der Waals surface area contributed by atoms with Gasteiger partial charge in [-0.3, -0.25) is 9.56 Å². The summed E-state index contributed by atoms with van der Waals surface area (Å²) in [6, 6.07) is 12.9. The van der Waals surface area contributed by atoms with E-state index in [9.17, 15) is 4.79 Å². The number of imidazole rings is 1. The third-order valence-corrected chi connectivity index (χ3v) is 5.31. The number of carbonyl (C=O) groups is 1. The van der Waals surface area contributed by atoms with Crippen molar-refractivity contribution < 1.29 is 9.53 Å². The Labute approximate surface area is 176 Å². The van der Waals surface area contributed by atoms with Gasteiger partial charge in [-0.2, -0.15) is 0 Å². The first-order valence-corrected chi connectivity index (χ1v) is 9.68. The van der Waals surface area contributed by atoms with E-state index >= 15 is 0 Å². The summed E-state index contributed by atoms with van der Waals surface area (Å²) >= 11 is 18.9. The molecular formula is C20H14Cl3N3O2. The molecule has 0 saturated carbocycles. The fourth-order valence-corrected chi connectivity index (χ4v) is 3.88. The second-order valence-electron chi connectivity index (χ2n) is 6.09. The van der Waals surface area contributed by atoms with E-state index in [0.29, 0.717) is 27.3 Å². The number of hydrogen-bond donors (Lipinski definition) is 0. The maximum absolute atomic E-state index is 12.3. The average molecular weight is 435 g/mol. The van der Waals surface area contributed by atoms with Gasteiger partial charge in [0.2, 0.25) is 0 Å². The number of carbonyl (C=O) groups excluding carboxylic acids is 1. The van der Waals surface area contributed by atoms with Crippen molar-refractivity contribution in [3.8, 4) is 5.69 Å². The van der Waals surface area contributed by atoms with Crippen molar-refractivity contribution in [2.45, 2.75) is 12.4 Å². The number of aliphatic imine (C=N–C) groups is 1. The predicted octanol–water partition coefficient (Wildman–Crippen LogP) is 5.06. The van der Waals surface area contributed by atoms with E-state index in [-0.39, 0.29) is 18.1 Å². The first kappa shape index (κ1) is 19.0. The summed E-state index contributed by atoms with van der Waals surface area (Å²) in [5.74, 6) is 0.108. The number of alkyl halides is 1. The maximum Gasteiger partial charge on any atom is 0.358 e. The van der Waals surface area contributed by atoms with Crippen LogP contribution in [0.3, 0.4) is 0 Å². The van der Waals surface area contributed by atoms with E-state index < -0.39 is 5.97 Å². The van der Waals surface area contributed by atoms with Crippen LogP contribution in [-0.2, 0) is 17.2 Å². The molecule has 0 spiro atoms. The molecule has 0 radical (unpaired) electrons. The smallest absolute Gasteiger partial charge is 0.358 e. The van der Waals surface area contributed by atoms with Crippen LogP contribution in [-0.4, -0.2) is 28.3 Å². The molecule has 2 aromatic carbocycles. The van der Waals surface area contributed by atoms with E-state index in [1.165, 1.54) is 7.11 Å². The summed E-state index contributed by atoms with van der Waals surface area (Å²) in [6.07, 6.45) is 0. The minimum Gasteiger partial charge on any atom is -0.464 e. The molecular weight excluding hydrogens is 421 g/mol. The quantitative estimate of drug-likeness (QED) is 0.428. The van der Waals surface area contributed by atoms with Crippen molar-refractivity contribution in [2.75, 3.05) is 7.11 Å². The molecule has 0 aliphatic carbocycles. The minimum absolute atomic E-state index is 0.119. The lowest BCUT2D eigenvalue weighted by atomic mass is 10.0. The summed E-state index contributed by atoms with van der Waals surface area (Å²) in [7, 11) is 1.32. The van der Waals surface area contributed by atoms with Crippen LogP contribution in [0.2, 0.25) is 10.0 Å². The van der Waals surface area contributed by atoms with Crippen LogP contribution < -0.4 is 0 Å². The molecule has 0 saturated heterocycles. The Kier molecular flexibility index (Phi) is 5.15. The molecule has 3 aromatic rings. The van der Waals surface area contributed by atoms with Gasteiger partial charge in [-0.1, -0.05) is 41.4 Å². The highest BCUT2D eigenvalue weighted by Gasteiger charge is 2.28. The minimum atomic E-state index is -0.535. The molecule has 8 heteroatoms. The van der Waals surface area contributed by atoms with Gasteiger partial charge in [-0.05, 0) is 24.3 Å². The van der Waals surface area contributed by atoms with Crippen LogP contribution in [0.1, 0.15) is 33.1 Å². The van der Waals surface area contributed by atoms with Crippen molar-refractivity contribution in [1.29, 1.82) is 0 Å². The number of methoxy groups -OCH3 is 1. The van der Waals surface area contributed by atoms with Gasteiger partial charge >= 0.3 is 5.97 Å². The summed E-state index contributed by atoms with van der Waals surface area (Å²) in [5.41, 5.74) is 3.81. The second kappa shape index (κ2) is 7.59. The van der Waals surface area contributed by atoms with Crippen LogP contribution in [0.25, 0.3) is 5.69 Å². The van der Waals surface area contributed by atoms with Gasteiger partial charge in [-0.25, -0.2) is 9.78 Å². The van der Waals surface area contributed by atoms with Gasteiger partial charge in [0.15, 0.2) is 5.69 Å². The van der Waals surface area contributed by atoms with Crippen LogP contribution in [0.4, 0.5) is 0 Å². The number of rotatable bonds is 3. The zero-order valence-corrected chi connectivity index (χ0v) is 17.0. The Morgan fingerprint density at radius 3 is 2.68 bits per heavy atom. The number of halogens is 3. The third kappa shape index (κ3) is 3.09. The molecule has 0 unspecified atom stereocenters. The lowest BCUT2D eigenvalue weighted by Gasteiger charge is -2.14.